The minimum atomic E-state index is -0.471. The van der Waals surface area contributed by atoms with Crippen molar-refractivity contribution < 1.29 is 4.74 Å². The molecule has 0 saturated carbocycles. The third-order valence-corrected chi connectivity index (χ3v) is 3.84. The van der Waals surface area contributed by atoms with Crippen LogP contribution in [-0.2, 0) is 5.66 Å². The Kier molecular flexibility index (Phi) is 3.53. The molecular weight excluding hydrogens is 282 g/mol. The zero-order valence-corrected chi connectivity index (χ0v) is 12.8. The third kappa shape index (κ3) is 2.57. The molecule has 108 valence electrons. The van der Waals surface area contributed by atoms with Gasteiger partial charge in [0.15, 0.2) is 5.11 Å². The van der Waals surface area contributed by atoms with Crippen LogP contribution < -0.4 is 20.5 Å². The maximum Gasteiger partial charge on any atom is 0.190 e. The highest BCUT2D eigenvalue weighted by Gasteiger charge is 2.38. The topological polar surface area (TPSA) is 36.5 Å². The molecular formula is C16H17N3OS. The quantitative estimate of drug-likeness (QED) is 0.852. The van der Waals surface area contributed by atoms with Crippen molar-refractivity contribution in [1.82, 2.24) is 10.7 Å². The van der Waals surface area contributed by atoms with Crippen LogP contribution in [0.25, 0.3) is 0 Å². The van der Waals surface area contributed by atoms with Gasteiger partial charge in [-0.1, -0.05) is 30.3 Å². The summed E-state index contributed by atoms with van der Waals surface area (Å²) >= 11 is 5.45. The number of hydrazine groups is 1. The zero-order chi connectivity index (χ0) is 14.9. The van der Waals surface area contributed by atoms with Crippen molar-refractivity contribution >= 4 is 23.0 Å². The van der Waals surface area contributed by atoms with Gasteiger partial charge in [-0.15, -0.1) is 0 Å². The van der Waals surface area contributed by atoms with Crippen molar-refractivity contribution in [3.05, 3.63) is 60.2 Å². The first-order valence-corrected chi connectivity index (χ1v) is 7.13. The highest BCUT2D eigenvalue weighted by Crippen LogP contribution is 2.28. The molecule has 1 unspecified atom stereocenters. The van der Waals surface area contributed by atoms with Gasteiger partial charge < -0.3 is 10.1 Å². The first kappa shape index (κ1) is 13.9. The maximum absolute atomic E-state index is 5.45. The van der Waals surface area contributed by atoms with Crippen LogP contribution in [-0.4, -0.2) is 12.2 Å². The van der Waals surface area contributed by atoms with Crippen LogP contribution in [0.1, 0.15) is 12.5 Å². The normalized spacial score (nSPS) is 21.2. The predicted octanol–water partition coefficient (Wildman–Crippen LogP) is 2.77. The fraction of sp³-hybridized carbons (Fsp3) is 0.188. The summed E-state index contributed by atoms with van der Waals surface area (Å²) in [4.78, 5) is 0. The predicted molar refractivity (Wildman–Crippen MR) is 88.1 cm³/mol. The molecule has 1 aliphatic heterocycles. The molecule has 2 N–H and O–H groups in total. The lowest BCUT2D eigenvalue weighted by molar-refractivity contribution is 0.381. The van der Waals surface area contributed by atoms with Crippen molar-refractivity contribution in [2.24, 2.45) is 0 Å². The van der Waals surface area contributed by atoms with E-state index in [1.54, 1.807) is 7.11 Å². The average Bonchev–Trinajstić information content (AvgIpc) is 2.84. The van der Waals surface area contributed by atoms with E-state index in [1.807, 2.05) is 59.6 Å². The Morgan fingerprint density at radius 1 is 1.10 bits per heavy atom. The summed E-state index contributed by atoms with van der Waals surface area (Å²) in [7, 11) is 1.66. The molecule has 0 aromatic heterocycles. The number of methoxy groups -OCH3 is 1. The Hall–Kier alpha value is -2.11. The minimum Gasteiger partial charge on any atom is -0.497 e. The highest BCUT2D eigenvalue weighted by molar-refractivity contribution is 7.80. The van der Waals surface area contributed by atoms with Crippen molar-refractivity contribution in [1.29, 1.82) is 0 Å². The van der Waals surface area contributed by atoms with Gasteiger partial charge in [0.25, 0.3) is 0 Å². The third-order valence-electron chi connectivity index (χ3n) is 3.56. The van der Waals surface area contributed by atoms with Gasteiger partial charge in [-0.05, 0) is 49.0 Å². The Bertz CT molecular complexity index is 662. The number of rotatable bonds is 3. The summed E-state index contributed by atoms with van der Waals surface area (Å²) in [5.74, 6) is 0.821. The van der Waals surface area contributed by atoms with Crippen molar-refractivity contribution in [3.63, 3.8) is 0 Å². The molecule has 1 fully saturated rings. The fourth-order valence-corrected chi connectivity index (χ4v) is 2.76. The Morgan fingerprint density at radius 2 is 1.86 bits per heavy atom. The molecule has 1 saturated heterocycles. The molecule has 3 rings (SSSR count). The summed E-state index contributed by atoms with van der Waals surface area (Å²) in [6.45, 7) is 2.05. The lowest BCUT2D eigenvalue weighted by Crippen LogP contribution is -2.45. The number of anilines is 1. The number of hydrogen-bond donors (Lipinski definition) is 2. The standard InChI is InChI=1S/C16H17N3OS/c1-16(12-7-6-10-14(11-12)20-2)17-15(21)19(18-16)13-8-4-3-5-9-13/h3-11,18H,1-2H3,(H,17,21). The largest absolute Gasteiger partial charge is 0.497 e. The van der Waals surface area contributed by atoms with Gasteiger partial charge in [-0.25, -0.2) is 5.01 Å². The number of nitrogens with one attached hydrogen (secondary N) is 2. The summed E-state index contributed by atoms with van der Waals surface area (Å²) < 4.78 is 5.30. The average molecular weight is 299 g/mol. The smallest absolute Gasteiger partial charge is 0.190 e. The van der Waals surface area contributed by atoms with Crippen molar-refractivity contribution in [3.8, 4) is 5.75 Å². The number of nitrogens with zero attached hydrogens (tertiary/aromatic N) is 1. The van der Waals surface area contributed by atoms with Gasteiger partial charge in [0.2, 0.25) is 0 Å². The first-order valence-electron chi connectivity index (χ1n) is 6.72. The second kappa shape index (κ2) is 5.35. The van der Waals surface area contributed by atoms with E-state index in [1.165, 1.54) is 0 Å². The van der Waals surface area contributed by atoms with Crippen LogP contribution in [0.4, 0.5) is 5.69 Å². The Balaban J connectivity index is 1.92. The molecule has 0 spiro atoms. The summed E-state index contributed by atoms with van der Waals surface area (Å²) in [6, 6.07) is 17.9. The second-order valence-corrected chi connectivity index (χ2v) is 5.46. The monoisotopic (exact) mass is 299 g/mol. The highest BCUT2D eigenvalue weighted by atomic mass is 32.1. The van der Waals surface area contributed by atoms with Gasteiger partial charge in [-0.2, -0.15) is 5.43 Å². The molecule has 0 radical (unpaired) electrons. The maximum atomic E-state index is 5.45. The number of ether oxygens (including phenoxy) is 1. The molecule has 4 nitrogen and oxygen atoms in total. The van der Waals surface area contributed by atoms with Crippen LogP contribution in [0.5, 0.6) is 5.75 Å². The molecule has 2 aromatic carbocycles. The molecule has 1 aliphatic rings. The Morgan fingerprint density at radius 3 is 2.57 bits per heavy atom. The second-order valence-electron chi connectivity index (χ2n) is 5.07. The Labute approximate surface area is 129 Å². The van der Waals surface area contributed by atoms with E-state index in [4.69, 9.17) is 17.0 Å². The number of hydrogen-bond acceptors (Lipinski definition) is 3. The fourth-order valence-electron chi connectivity index (χ4n) is 2.40. The van der Waals surface area contributed by atoms with Crippen LogP contribution in [0, 0.1) is 0 Å². The van der Waals surface area contributed by atoms with Gasteiger partial charge in [-0.3, -0.25) is 0 Å². The van der Waals surface area contributed by atoms with Gasteiger partial charge in [0.05, 0.1) is 12.8 Å². The van der Waals surface area contributed by atoms with Crippen LogP contribution in [0.3, 0.4) is 0 Å². The molecule has 5 heteroatoms. The van der Waals surface area contributed by atoms with E-state index in [0.717, 1.165) is 17.0 Å². The van der Waals surface area contributed by atoms with Gasteiger partial charge in [0, 0.05) is 0 Å². The van der Waals surface area contributed by atoms with E-state index in [9.17, 15) is 0 Å². The molecule has 1 heterocycles. The molecule has 0 aliphatic carbocycles. The van der Waals surface area contributed by atoms with Crippen LogP contribution in [0.15, 0.2) is 54.6 Å². The van der Waals surface area contributed by atoms with Crippen LogP contribution >= 0.6 is 12.2 Å². The molecule has 1 atom stereocenters. The van der Waals surface area contributed by atoms with Gasteiger partial charge >= 0.3 is 0 Å². The summed E-state index contributed by atoms with van der Waals surface area (Å²) in [5, 5.41) is 5.87. The lowest BCUT2D eigenvalue weighted by Gasteiger charge is -2.26. The van der Waals surface area contributed by atoms with Crippen molar-refractivity contribution in [2.75, 3.05) is 12.1 Å². The van der Waals surface area contributed by atoms with Crippen LogP contribution in [0.2, 0.25) is 0 Å². The molecule has 21 heavy (non-hydrogen) atoms. The first-order chi connectivity index (χ1) is 10.1. The molecule has 0 amide bonds. The van der Waals surface area contributed by atoms with E-state index >= 15 is 0 Å². The summed E-state index contributed by atoms with van der Waals surface area (Å²) in [6.07, 6.45) is 0. The number of para-hydroxylation sites is 1. The van der Waals surface area contributed by atoms with E-state index < -0.39 is 5.66 Å². The minimum absolute atomic E-state index is 0.471. The SMILES string of the molecule is COc1cccc(C2(C)NC(=S)N(c3ccccc3)N2)c1. The molecule has 2 aromatic rings. The number of thiocarbonyl (C=S) groups is 1. The van der Waals surface area contributed by atoms with Crippen molar-refractivity contribution in [2.45, 2.75) is 12.6 Å². The number of benzene rings is 2. The molecule has 0 bridgehead atoms. The zero-order valence-electron chi connectivity index (χ0n) is 12.0. The van der Waals surface area contributed by atoms with Gasteiger partial charge in [0.1, 0.15) is 11.4 Å². The lowest BCUT2D eigenvalue weighted by atomic mass is 10.0. The van der Waals surface area contributed by atoms with E-state index in [2.05, 4.69) is 17.7 Å². The van der Waals surface area contributed by atoms with E-state index in [0.29, 0.717) is 5.11 Å². The van der Waals surface area contributed by atoms with E-state index in [-0.39, 0.29) is 0 Å². The summed E-state index contributed by atoms with van der Waals surface area (Å²) in [5.41, 5.74) is 5.02.